The van der Waals surface area contributed by atoms with Gasteiger partial charge in [0.05, 0.1) is 23.6 Å². The van der Waals surface area contributed by atoms with Gasteiger partial charge in [-0.15, -0.1) is 0 Å². The van der Waals surface area contributed by atoms with Gasteiger partial charge in [0.15, 0.2) is 0 Å². The molecule has 1 heterocycles. The van der Waals surface area contributed by atoms with Gasteiger partial charge in [-0.3, -0.25) is 0 Å². The number of esters is 1. The van der Waals surface area contributed by atoms with Gasteiger partial charge >= 0.3 is 5.97 Å². The molecule has 6 nitrogen and oxygen atoms in total. The Balaban J connectivity index is 1.66. The first-order valence-electron chi connectivity index (χ1n) is 9.91. The first-order valence-corrected chi connectivity index (χ1v) is 11.4. The zero-order valence-corrected chi connectivity index (χ0v) is 17.2. The third-order valence-corrected chi connectivity index (χ3v) is 7.29. The van der Waals surface area contributed by atoms with Crippen LogP contribution in [0.15, 0.2) is 53.4 Å². The fraction of sp³-hybridized carbons (Fsp3) is 0.409. The summed E-state index contributed by atoms with van der Waals surface area (Å²) in [6, 6.07) is 13.1. The van der Waals surface area contributed by atoms with E-state index in [1.165, 1.54) is 31.7 Å². The topological polar surface area (TPSA) is 81.7 Å². The Kier molecular flexibility index (Phi) is 5.36. The largest absolute Gasteiger partial charge is 0.487 e. The Labute approximate surface area is 171 Å². The summed E-state index contributed by atoms with van der Waals surface area (Å²) in [7, 11) is -2.57. The number of hydrogen-bond acceptors (Lipinski definition) is 5. The molecular formula is C22H25NO5S. The molecule has 1 unspecified atom stereocenters. The first-order chi connectivity index (χ1) is 13.9. The highest BCUT2D eigenvalue weighted by molar-refractivity contribution is 7.89. The molecule has 1 aliphatic heterocycles. The van der Waals surface area contributed by atoms with Crippen molar-refractivity contribution in [3.63, 3.8) is 0 Å². The van der Waals surface area contributed by atoms with Gasteiger partial charge in [0.25, 0.3) is 0 Å². The minimum Gasteiger partial charge on any atom is -0.487 e. The molecular weight excluding hydrogens is 390 g/mol. The fourth-order valence-electron chi connectivity index (χ4n) is 4.39. The molecule has 7 heteroatoms. The highest BCUT2D eigenvalue weighted by Crippen LogP contribution is 2.46. The van der Waals surface area contributed by atoms with E-state index in [1.54, 1.807) is 6.07 Å². The second-order valence-electron chi connectivity index (χ2n) is 7.78. The van der Waals surface area contributed by atoms with E-state index < -0.39 is 16.0 Å². The molecule has 29 heavy (non-hydrogen) atoms. The van der Waals surface area contributed by atoms with Crippen molar-refractivity contribution < 1.29 is 22.7 Å². The highest BCUT2D eigenvalue weighted by Gasteiger charge is 2.42. The summed E-state index contributed by atoms with van der Waals surface area (Å²) in [5.74, 6) is 0.177. The Morgan fingerprint density at radius 3 is 2.62 bits per heavy atom. The van der Waals surface area contributed by atoms with Crippen LogP contribution in [0.2, 0.25) is 0 Å². The zero-order chi connectivity index (χ0) is 20.5. The molecule has 1 fully saturated rings. The van der Waals surface area contributed by atoms with E-state index in [0.29, 0.717) is 6.42 Å². The Bertz CT molecular complexity index is 1010. The molecule has 0 aromatic heterocycles. The van der Waals surface area contributed by atoms with Crippen molar-refractivity contribution in [2.75, 3.05) is 7.11 Å². The third kappa shape index (κ3) is 4.02. The lowest BCUT2D eigenvalue weighted by atomic mass is 9.77. The van der Waals surface area contributed by atoms with Gasteiger partial charge in [-0.1, -0.05) is 30.7 Å². The number of rotatable bonds is 4. The van der Waals surface area contributed by atoms with E-state index in [-0.39, 0.29) is 22.1 Å². The van der Waals surface area contributed by atoms with E-state index in [1.807, 2.05) is 24.3 Å². The average molecular weight is 416 g/mol. The first kappa shape index (κ1) is 19.9. The predicted octanol–water partition coefficient (Wildman–Crippen LogP) is 3.98. The van der Waals surface area contributed by atoms with E-state index >= 15 is 0 Å². The average Bonchev–Trinajstić information content (AvgIpc) is 2.73. The van der Waals surface area contributed by atoms with Crippen LogP contribution in [-0.2, 0) is 14.8 Å². The summed E-state index contributed by atoms with van der Waals surface area (Å²) in [5, 5.41) is 0. The van der Waals surface area contributed by atoms with Gasteiger partial charge in [0.2, 0.25) is 10.0 Å². The third-order valence-electron chi connectivity index (χ3n) is 5.82. The van der Waals surface area contributed by atoms with Crippen LogP contribution in [0.25, 0.3) is 0 Å². The molecule has 2 aromatic rings. The van der Waals surface area contributed by atoms with Gasteiger partial charge < -0.3 is 9.47 Å². The summed E-state index contributed by atoms with van der Waals surface area (Å²) >= 11 is 0. The van der Waals surface area contributed by atoms with Gasteiger partial charge in [-0.2, -0.15) is 0 Å². The van der Waals surface area contributed by atoms with Crippen LogP contribution in [0.4, 0.5) is 0 Å². The molecule has 154 valence electrons. The smallest absolute Gasteiger partial charge is 0.337 e. The molecule has 0 saturated heterocycles. The molecule has 1 spiro atoms. The highest BCUT2D eigenvalue weighted by atomic mass is 32.2. The van der Waals surface area contributed by atoms with Crippen molar-refractivity contribution >= 4 is 16.0 Å². The van der Waals surface area contributed by atoms with Crippen molar-refractivity contribution in [2.24, 2.45) is 0 Å². The number of carbonyl (C=O) groups excluding carboxylic acids is 1. The van der Waals surface area contributed by atoms with Crippen molar-refractivity contribution in [1.82, 2.24) is 4.72 Å². The van der Waals surface area contributed by atoms with Gasteiger partial charge in [0, 0.05) is 12.0 Å². The number of benzene rings is 2. The molecule has 4 rings (SSSR count). The van der Waals surface area contributed by atoms with Crippen LogP contribution in [0, 0.1) is 0 Å². The summed E-state index contributed by atoms with van der Waals surface area (Å²) in [4.78, 5) is 11.8. The lowest BCUT2D eigenvalue weighted by molar-refractivity contribution is 0.0000722. The molecule has 2 aliphatic rings. The molecule has 1 atom stereocenters. The number of carbonyl (C=O) groups is 1. The van der Waals surface area contributed by atoms with Crippen molar-refractivity contribution in [2.45, 2.75) is 55.1 Å². The monoisotopic (exact) mass is 415 g/mol. The summed E-state index contributed by atoms with van der Waals surface area (Å²) in [6.07, 6.45) is 5.81. The maximum atomic E-state index is 13.1. The lowest BCUT2D eigenvalue weighted by Crippen LogP contribution is -2.46. The number of nitrogens with one attached hydrogen (secondary N) is 1. The molecule has 2 aromatic carbocycles. The maximum absolute atomic E-state index is 13.1. The molecule has 1 saturated carbocycles. The predicted molar refractivity (Wildman–Crippen MR) is 108 cm³/mol. The van der Waals surface area contributed by atoms with Crippen molar-refractivity contribution in [3.05, 3.63) is 59.7 Å². The number of para-hydroxylation sites is 1. The molecule has 1 N–H and O–H groups in total. The maximum Gasteiger partial charge on any atom is 0.337 e. The van der Waals surface area contributed by atoms with Crippen LogP contribution in [0.5, 0.6) is 5.75 Å². The van der Waals surface area contributed by atoms with Crippen molar-refractivity contribution in [3.8, 4) is 5.75 Å². The Morgan fingerprint density at radius 1 is 1.10 bits per heavy atom. The molecule has 0 bridgehead atoms. The number of methoxy groups -OCH3 is 1. The minimum atomic E-state index is -3.84. The van der Waals surface area contributed by atoms with Gasteiger partial charge in [-0.05, 0) is 49.9 Å². The fourth-order valence-corrected chi connectivity index (χ4v) is 5.65. The van der Waals surface area contributed by atoms with Gasteiger partial charge in [0.1, 0.15) is 11.4 Å². The standard InChI is InChI=1S/C22H25NO5S/c1-27-21(24)16-8-7-9-17(14-16)29(25,26)23-19-15-22(12-5-2-6-13-22)28-20-11-4-3-10-18(19)20/h3-4,7-11,14,19,23H,2,5-6,12-13,15H2,1H3. The SMILES string of the molecule is COC(=O)c1cccc(S(=O)(=O)NC2CC3(CCCCC3)Oc3ccccc32)c1. The molecule has 1 aliphatic carbocycles. The van der Waals surface area contributed by atoms with Crippen LogP contribution in [0.1, 0.15) is 60.5 Å². The molecule has 0 radical (unpaired) electrons. The second kappa shape index (κ2) is 7.80. The molecule has 0 amide bonds. The zero-order valence-electron chi connectivity index (χ0n) is 16.4. The van der Waals surface area contributed by atoms with E-state index in [9.17, 15) is 13.2 Å². The van der Waals surface area contributed by atoms with Crippen LogP contribution in [0.3, 0.4) is 0 Å². The second-order valence-corrected chi connectivity index (χ2v) is 9.49. The van der Waals surface area contributed by atoms with Gasteiger partial charge in [-0.25, -0.2) is 17.9 Å². The Morgan fingerprint density at radius 2 is 1.86 bits per heavy atom. The minimum absolute atomic E-state index is 0.0436. The lowest BCUT2D eigenvalue weighted by Gasteiger charge is -2.44. The summed E-state index contributed by atoms with van der Waals surface area (Å²) < 4.78 is 40.2. The quantitative estimate of drug-likeness (QED) is 0.764. The van der Waals surface area contributed by atoms with E-state index in [4.69, 9.17) is 9.47 Å². The summed E-state index contributed by atoms with van der Waals surface area (Å²) in [6.45, 7) is 0. The number of sulfonamides is 1. The van der Waals surface area contributed by atoms with Crippen LogP contribution < -0.4 is 9.46 Å². The van der Waals surface area contributed by atoms with E-state index in [0.717, 1.165) is 37.0 Å². The Hall–Kier alpha value is -2.38. The number of hydrogen-bond donors (Lipinski definition) is 1. The van der Waals surface area contributed by atoms with Crippen LogP contribution >= 0.6 is 0 Å². The van der Waals surface area contributed by atoms with Crippen molar-refractivity contribution in [1.29, 1.82) is 0 Å². The summed E-state index contributed by atoms with van der Waals surface area (Å²) in [5.41, 5.74) is 0.719. The van der Waals surface area contributed by atoms with E-state index in [2.05, 4.69) is 4.72 Å². The number of fused-ring (bicyclic) bond motifs is 1. The van der Waals surface area contributed by atoms with Crippen LogP contribution in [-0.4, -0.2) is 27.1 Å². The normalized spacial score (nSPS) is 20.5. The number of ether oxygens (including phenoxy) is 2.